The number of fused-ring (bicyclic) bond motifs is 7. The minimum atomic E-state index is -0.211. The Kier molecular flexibility index (Phi) is 15.4. The van der Waals surface area contributed by atoms with Gasteiger partial charge in [-0.1, -0.05) is 288 Å². The van der Waals surface area contributed by atoms with Crippen LogP contribution < -0.4 is 26.2 Å². The number of hydrogen-bond acceptors (Lipinski definition) is 2. The first-order chi connectivity index (χ1) is 45.1. The molecule has 10 aromatic rings. The first kappa shape index (κ1) is 65.2. The molecule has 10 aromatic carbocycles. The van der Waals surface area contributed by atoms with Gasteiger partial charge in [0.2, 0.25) is 6.71 Å². The average Bonchev–Trinajstić information content (AvgIpc) is 0.880. The van der Waals surface area contributed by atoms with Crippen LogP contribution >= 0.6 is 0 Å². The van der Waals surface area contributed by atoms with Crippen LogP contribution in [0.25, 0.3) is 33.4 Å². The van der Waals surface area contributed by atoms with E-state index in [1.807, 2.05) is 0 Å². The van der Waals surface area contributed by atoms with Crippen LogP contribution in [0.1, 0.15) is 224 Å². The molecule has 0 N–H and O–H groups in total. The molecule has 3 heteroatoms. The second kappa shape index (κ2) is 22.7. The van der Waals surface area contributed by atoms with E-state index >= 15 is 0 Å². The third-order valence-corrected chi connectivity index (χ3v) is 23.5. The summed E-state index contributed by atoms with van der Waals surface area (Å²) in [7, 11) is 0. The zero-order valence-corrected chi connectivity index (χ0v) is 61.6. The summed E-state index contributed by atoms with van der Waals surface area (Å²) in [5, 5.41) is 0. The number of nitrogens with zero attached hydrogens (tertiary/aromatic N) is 2. The minimum absolute atomic E-state index is 0.00190. The lowest BCUT2D eigenvalue weighted by Crippen LogP contribution is -2.59. The lowest BCUT2D eigenvalue weighted by atomic mass is 9.33. The van der Waals surface area contributed by atoms with Gasteiger partial charge in [0.15, 0.2) is 0 Å². The van der Waals surface area contributed by atoms with Crippen molar-refractivity contribution in [1.29, 1.82) is 0 Å². The predicted octanol–water partition coefficient (Wildman–Crippen LogP) is 23.6. The van der Waals surface area contributed by atoms with Crippen molar-refractivity contribution in [3.05, 3.63) is 267 Å². The maximum Gasteiger partial charge on any atom is 0.247 e. The van der Waals surface area contributed by atoms with Crippen molar-refractivity contribution < 1.29 is 0 Å². The van der Waals surface area contributed by atoms with Gasteiger partial charge in [0.1, 0.15) is 0 Å². The summed E-state index contributed by atoms with van der Waals surface area (Å²) in [5.41, 5.74) is 35.5. The van der Waals surface area contributed by atoms with Gasteiger partial charge in [-0.05, 0) is 231 Å². The van der Waals surface area contributed by atoms with E-state index in [1.165, 1.54) is 146 Å². The zero-order valence-electron chi connectivity index (χ0n) is 61.6. The van der Waals surface area contributed by atoms with Crippen molar-refractivity contribution in [1.82, 2.24) is 0 Å². The molecule has 0 aromatic heterocycles. The van der Waals surface area contributed by atoms with E-state index in [0.717, 1.165) is 36.3 Å². The number of hydrogen-bond donors (Lipinski definition) is 0. The van der Waals surface area contributed by atoms with Crippen LogP contribution in [0.4, 0.5) is 34.1 Å². The third-order valence-electron chi connectivity index (χ3n) is 23.5. The Bertz CT molecular complexity index is 4640. The fourth-order valence-corrected chi connectivity index (χ4v) is 17.3. The van der Waals surface area contributed by atoms with Crippen LogP contribution in [-0.4, -0.2) is 6.71 Å². The van der Waals surface area contributed by atoms with E-state index in [2.05, 4.69) is 348 Å². The van der Waals surface area contributed by atoms with Crippen LogP contribution in [0.5, 0.6) is 0 Å². The summed E-state index contributed by atoms with van der Waals surface area (Å²) < 4.78 is 0. The number of rotatable bonds is 9. The highest BCUT2D eigenvalue weighted by Gasteiger charge is 2.45. The Balaban J connectivity index is 1.11. The number of aryl methyl sites for hydroxylation is 1. The van der Waals surface area contributed by atoms with Crippen LogP contribution in [0, 0.1) is 6.92 Å². The van der Waals surface area contributed by atoms with E-state index in [1.54, 1.807) is 0 Å². The van der Waals surface area contributed by atoms with Gasteiger partial charge < -0.3 is 9.80 Å². The van der Waals surface area contributed by atoms with Crippen LogP contribution in [-0.2, 0) is 49.7 Å². The molecule has 1 aliphatic heterocycles. The SMILES string of the molecule is Cc1cc(N(c2ccc(C(C)(C)C)cc2)c2ccc(C(C)(C)C)cc2)cc2c1B(c1cc3c(cc1Cc1ccc4c(c1)C(C)(C)CCC4(C)C)C(C)(C)CCC3(C)C)c1cc(-c3cccc4c3C(C)(C)c3ccccc3-4)ccc1N2c1ccc(C(C)(C)C)cc1-c1ccccc1. The summed E-state index contributed by atoms with van der Waals surface area (Å²) >= 11 is 0. The molecule has 0 fully saturated rings. The zero-order chi connectivity index (χ0) is 68.2. The topological polar surface area (TPSA) is 6.48 Å². The molecule has 0 amide bonds. The van der Waals surface area contributed by atoms with E-state index in [-0.39, 0.29) is 50.0 Å². The van der Waals surface area contributed by atoms with Gasteiger partial charge in [0, 0.05) is 39.4 Å². The van der Waals surface area contributed by atoms with Crippen molar-refractivity contribution >= 4 is 57.2 Å². The van der Waals surface area contributed by atoms with Crippen molar-refractivity contribution in [2.24, 2.45) is 0 Å². The summed E-state index contributed by atoms with van der Waals surface area (Å²) in [5.74, 6) is 0. The molecule has 0 spiro atoms. The molecule has 96 heavy (non-hydrogen) atoms. The normalized spacial score (nSPS) is 17.0. The average molecular weight is 1260 g/mol. The van der Waals surface area contributed by atoms with E-state index in [9.17, 15) is 0 Å². The lowest BCUT2D eigenvalue weighted by molar-refractivity contribution is 0.331. The molecule has 0 atom stereocenters. The Morgan fingerprint density at radius 1 is 0.375 bits per heavy atom. The van der Waals surface area contributed by atoms with E-state index < -0.39 is 0 Å². The van der Waals surface area contributed by atoms with Gasteiger partial charge in [0.05, 0.1) is 5.69 Å². The third kappa shape index (κ3) is 11.1. The maximum atomic E-state index is 2.76. The molecule has 0 bridgehead atoms. The second-order valence-corrected chi connectivity index (χ2v) is 35.6. The Morgan fingerprint density at radius 2 is 0.896 bits per heavy atom. The molecular weight excluding hydrogens is 1160 g/mol. The van der Waals surface area contributed by atoms with E-state index in [4.69, 9.17) is 0 Å². The van der Waals surface area contributed by atoms with Gasteiger partial charge >= 0.3 is 0 Å². The van der Waals surface area contributed by atoms with Crippen molar-refractivity contribution in [2.75, 3.05) is 9.80 Å². The monoisotopic (exact) mass is 1260 g/mol. The van der Waals surface area contributed by atoms with Crippen LogP contribution in [0.15, 0.2) is 200 Å². The fraction of sp³-hybridized carbons (Fsp3) is 0.355. The molecular formula is C93H103BN2. The van der Waals surface area contributed by atoms with Gasteiger partial charge in [0.25, 0.3) is 0 Å². The van der Waals surface area contributed by atoms with Gasteiger partial charge in [-0.15, -0.1) is 0 Å². The number of benzene rings is 10. The summed E-state index contributed by atoms with van der Waals surface area (Å²) in [6, 6.07) is 79.5. The Hall–Kier alpha value is -8.14. The first-order valence-electron chi connectivity index (χ1n) is 36.0. The molecule has 1 heterocycles. The molecule has 0 saturated carbocycles. The van der Waals surface area contributed by atoms with Gasteiger partial charge in [-0.2, -0.15) is 0 Å². The molecule has 488 valence electrons. The molecule has 14 rings (SSSR count). The maximum absolute atomic E-state index is 2.76. The molecule has 0 saturated heterocycles. The molecule has 3 aliphatic carbocycles. The second-order valence-electron chi connectivity index (χ2n) is 35.6. The largest absolute Gasteiger partial charge is 0.311 e. The van der Waals surface area contributed by atoms with Crippen LogP contribution in [0.3, 0.4) is 0 Å². The van der Waals surface area contributed by atoms with Gasteiger partial charge in [-0.25, -0.2) is 0 Å². The molecule has 0 radical (unpaired) electrons. The minimum Gasteiger partial charge on any atom is -0.311 e. The van der Waals surface area contributed by atoms with Crippen LogP contribution in [0.2, 0.25) is 0 Å². The van der Waals surface area contributed by atoms with Crippen molar-refractivity contribution in [3.63, 3.8) is 0 Å². The van der Waals surface area contributed by atoms with E-state index in [0.29, 0.717) is 0 Å². The highest BCUT2D eigenvalue weighted by molar-refractivity contribution is 6.98. The molecule has 2 nitrogen and oxygen atoms in total. The lowest BCUT2D eigenvalue weighted by Gasteiger charge is -2.44. The summed E-state index contributed by atoms with van der Waals surface area (Å²) in [6.07, 6.45) is 5.49. The van der Waals surface area contributed by atoms with Crippen molar-refractivity contribution in [3.8, 4) is 33.4 Å². The standard InChI is InChI=1S/C93H103BN2/c1-59-51-69(95(67-40-35-64(36-41-67)86(2,3)4)68-42-37-65(38-43-68)87(5,6)7)57-83-85(59)94(79-58-78-77(91(15,16)49-50-92(78,17)18)54-63(79)52-60-33-44-75-76(53-60)90(13,14)48-47-89(75,11)12)80-55-62(70-30-26-31-72-71-29-24-25-32-74(71)93(19,20)84(70)72)34-45-82(80)96(83)81-46-39-66(88(8,9)10)56-73(81)61-27-22-21-23-28-61/h21-46,51,53-58H,47-50,52H2,1-20H3. The Morgan fingerprint density at radius 3 is 1.50 bits per heavy atom. The quantitative estimate of drug-likeness (QED) is 0.133. The molecule has 4 aliphatic rings. The Labute approximate surface area is 577 Å². The smallest absolute Gasteiger partial charge is 0.247 e. The van der Waals surface area contributed by atoms with Crippen molar-refractivity contribution in [2.45, 2.75) is 214 Å². The highest BCUT2D eigenvalue weighted by Crippen LogP contribution is 2.55. The highest BCUT2D eigenvalue weighted by atomic mass is 15.2. The molecule has 0 unspecified atom stereocenters. The number of anilines is 6. The van der Waals surface area contributed by atoms with Gasteiger partial charge in [-0.3, -0.25) is 0 Å². The predicted molar refractivity (Wildman–Crippen MR) is 416 cm³/mol. The summed E-state index contributed by atoms with van der Waals surface area (Å²) in [4.78, 5) is 5.23. The summed E-state index contributed by atoms with van der Waals surface area (Å²) in [6.45, 7) is 48.1. The fourth-order valence-electron chi connectivity index (χ4n) is 17.3. The first-order valence-corrected chi connectivity index (χ1v) is 36.0.